The van der Waals surface area contributed by atoms with E-state index in [-0.39, 0.29) is 0 Å². The monoisotopic (exact) mass is 220 g/mol. The first kappa shape index (κ1) is 11.4. The lowest BCUT2D eigenvalue weighted by Crippen LogP contribution is -2.28. The van der Waals surface area contributed by atoms with E-state index >= 15 is 0 Å². The molecule has 0 spiro atoms. The highest BCUT2D eigenvalue weighted by molar-refractivity contribution is 5.47. The minimum Gasteiger partial charge on any atom is -0.380 e. The maximum atomic E-state index is 5.34. The maximum absolute atomic E-state index is 5.34. The Bertz CT molecular complexity index is 332. The highest BCUT2D eigenvalue weighted by Gasteiger charge is 2.14. The molecule has 88 valence electrons. The second-order valence-electron chi connectivity index (χ2n) is 4.51. The number of anilines is 1. The van der Waals surface area contributed by atoms with Gasteiger partial charge in [0, 0.05) is 39.0 Å². The van der Waals surface area contributed by atoms with Gasteiger partial charge in [0.2, 0.25) is 0 Å². The minimum absolute atomic E-state index is 0.531. The van der Waals surface area contributed by atoms with Crippen molar-refractivity contribution in [3.8, 4) is 0 Å². The number of hydrogen-bond donors (Lipinski definition) is 1. The molecule has 3 nitrogen and oxygen atoms in total. The molecule has 0 radical (unpaired) electrons. The Morgan fingerprint density at radius 3 is 3.00 bits per heavy atom. The molecule has 1 fully saturated rings. The SMILES string of the molecule is CN(C)c1cccc(CNC2CCOC2)c1. The highest BCUT2D eigenvalue weighted by Crippen LogP contribution is 2.13. The van der Waals surface area contributed by atoms with Crippen molar-refractivity contribution in [2.75, 3.05) is 32.2 Å². The van der Waals surface area contributed by atoms with Crippen LogP contribution in [0.2, 0.25) is 0 Å². The summed E-state index contributed by atoms with van der Waals surface area (Å²) in [7, 11) is 4.13. The Morgan fingerprint density at radius 2 is 2.31 bits per heavy atom. The van der Waals surface area contributed by atoms with E-state index in [0.29, 0.717) is 6.04 Å². The van der Waals surface area contributed by atoms with Crippen molar-refractivity contribution >= 4 is 5.69 Å². The van der Waals surface area contributed by atoms with Gasteiger partial charge in [0.1, 0.15) is 0 Å². The topological polar surface area (TPSA) is 24.5 Å². The molecule has 1 aromatic carbocycles. The van der Waals surface area contributed by atoms with Crippen molar-refractivity contribution in [3.63, 3.8) is 0 Å². The summed E-state index contributed by atoms with van der Waals surface area (Å²) in [4.78, 5) is 2.13. The smallest absolute Gasteiger partial charge is 0.0620 e. The Balaban J connectivity index is 1.90. The first-order chi connectivity index (χ1) is 7.75. The van der Waals surface area contributed by atoms with Gasteiger partial charge in [-0.15, -0.1) is 0 Å². The van der Waals surface area contributed by atoms with Crippen LogP contribution in [0.3, 0.4) is 0 Å². The third kappa shape index (κ3) is 2.97. The number of benzene rings is 1. The standard InChI is InChI=1S/C13H20N2O/c1-15(2)13-5-3-4-11(8-13)9-14-12-6-7-16-10-12/h3-5,8,12,14H,6-7,9-10H2,1-2H3. The molecule has 1 heterocycles. The van der Waals surface area contributed by atoms with Crippen LogP contribution in [0.4, 0.5) is 5.69 Å². The number of nitrogens with zero attached hydrogens (tertiary/aromatic N) is 1. The zero-order chi connectivity index (χ0) is 11.4. The molecule has 3 heteroatoms. The van der Waals surface area contributed by atoms with Gasteiger partial charge < -0.3 is 15.0 Å². The summed E-state index contributed by atoms with van der Waals surface area (Å²) in [6.07, 6.45) is 1.13. The molecule has 1 aromatic rings. The summed E-state index contributed by atoms with van der Waals surface area (Å²) in [5.41, 5.74) is 2.58. The van der Waals surface area contributed by atoms with Crippen molar-refractivity contribution in [2.45, 2.75) is 19.0 Å². The Kier molecular flexibility index (Phi) is 3.80. The predicted molar refractivity (Wildman–Crippen MR) is 66.8 cm³/mol. The van der Waals surface area contributed by atoms with Crippen molar-refractivity contribution in [1.29, 1.82) is 0 Å². The number of ether oxygens (including phenoxy) is 1. The van der Waals surface area contributed by atoms with Crippen molar-refractivity contribution in [1.82, 2.24) is 5.32 Å². The fourth-order valence-electron chi connectivity index (χ4n) is 1.90. The van der Waals surface area contributed by atoms with E-state index in [9.17, 15) is 0 Å². The summed E-state index contributed by atoms with van der Waals surface area (Å²) in [6.45, 7) is 2.68. The van der Waals surface area contributed by atoms with Crippen LogP contribution >= 0.6 is 0 Å². The molecule has 16 heavy (non-hydrogen) atoms. The van der Waals surface area contributed by atoms with Crippen molar-refractivity contribution in [3.05, 3.63) is 29.8 Å². The average Bonchev–Trinajstić information content (AvgIpc) is 2.79. The third-order valence-corrected chi connectivity index (χ3v) is 2.95. The van der Waals surface area contributed by atoms with Crippen molar-refractivity contribution < 1.29 is 4.74 Å². The Labute approximate surface area is 97.4 Å². The molecular weight excluding hydrogens is 200 g/mol. The largest absolute Gasteiger partial charge is 0.380 e. The van der Waals surface area contributed by atoms with Gasteiger partial charge in [-0.25, -0.2) is 0 Å². The second-order valence-corrected chi connectivity index (χ2v) is 4.51. The first-order valence-corrected chi connectivity index (χ1v) is 5.83. The van der Waals surface area contributed by atoms with Crippen LogP contribution in [0.15, 0.2) is 24.3 Å². The van der Waals surface area contributed by atoms with E-state index in [0.717, 1.165) is 26.2 Å². The van der Waals surface area contributed by atoms with Gasteiger partial charge in [-0.05, 0) is 24.1 Å². The predicted octanol–water partition coefficient (Wildman–Crippen LogP) is 1.63. The van der Waals surface area contributed by atoms with Crippen LogP contribution < -0.4 is 10.2 Å². The molecule has 0 aliphatic carbocycles. The molecule has 0 bridgehead atoms. The van der Waals surface area contributed by atoms with Crippen LogP contribution in [-0.2, 0) is 11.3 Å². The van der Waals surface area contributed by atoms with Crippen LogP contribution in [0.1, 0.15) is 12.0 Å². The van der Waals surface area contributed by atoms with Gasteiger partial charge in [0.15, 0.2) is 0 Å². The Hall–Kier alpha value is -1.06. The molecule has 1 N–H and O–H groups in total. The molecule has 1 aliphatic rings. The fourth-order valence-corrected chi connectivity index (χ4v) is 1.90. The zero-order valence-corrected chi connectivity index (χ0v) is 10.1. The van der Waals surface area contributed by atoms with E-state index in [1.54, 1.807) is 0 Å². The number of rotatable bonds is 4. The third-order valence-electron chi connectivity index (χ3n) is 2.95. The fraction of sp³-hybridized carbons (Fsp3) is 0.538. The molecule has 1 atom stereocenters. The maximum Gasteiger partial charge on any atom is 0.0620 e. The van der Waals surface area contributed by atoms with E-state index in [4.69, 9.17) is 4.74 Å². The quantitative estimate of drug-likeness (QED) is 0.834. The second kappa shape index (κ2) is 5.32. The van der Waals surface area contributed by atoms with Crippen molar-refractivity contribution in [2.24, 2.45) is 0 Å². The molecular formula is C13H20N2O. The molecule has 0 saturated carbocycles. The van der Waals surface area contributed by atoms with Crippen LogP contribution in [0.5, 0.6) is 0 Å². The minimum atomic E-state index is 0.531. The van der Waals surface area contributed by atoms with E-state index in [2.05, 4.69) is 48.6 Å². The molecule has 0 amide bonds. The van der Waals surface area contributed by atoms with E-state index in [1.165, 1.54) is 11.3 Å². The lowest BCUT2D eigenvalue weighted by molar-refractivity contribution is 0.190. The summed E-state index contributed by atoms with van der Waals surface area (Å²) in [6, 6.07) is 9.15. The molecule has 1 unspecified atom stereocenters. The summed E-state index contributed by atoms with van der Waals surface area (Å²) < 4.78 is 5.34. The van der Waals surface area contributed by atoms with E-state index in [1.807, 2.05) is 0 Å². The summed E-state index contributed by atoms with van der Waals surface area (Å²) in [5.74, 6) is 0. The zero-order valence-electron chi connectivity index (χ0n) is 10.1. The van der Waals surface area contributed by atoms with Gasteiger partial charge in [-0.1, -0.05) is 12.1 Å². The van der Waals surface area contributed by atoms with Gasteiger partial charge in [-0.3, -0.25) is 0 Å². The number of hydrogen-bond acceptors (Lipinski definition) is 3. The van der Waals surface area contributed by atoms with Crippen LogP contribution in [0, 0.1) is 0 Å². The molecule has 2 rings (SSSR count). The van der Waals surface area contributed by atoms with Gasteiger partial charge in [0.25, 0.3) is 0 Å². The molecule has 1 aliphatic heterocycles. The van der Waals surface area contributed by atoms with E-state index < -0.39 is 0 Å². The summed E-state index contributed by atoms with van der Waals surface area (Å²) >= 11 is 0. The van der Waals surface area contributed by atoms with Gasteiger partial charge in [-0.2, -0.15) is 0 Å². The van der Waals surface area contributed by atoms with Gasteiger partial charge >= 0.3 is 0 Å². The first-order valence-electron chi connectivity index (χ1n) is 5.83. The van der Waals surface area contributed by atoms with Gasteiger partial charge in [0.05, 0.1) is 6.61 Å². The lowest BCUT2D eigenvalue weighted by atomic mass is 10.1. The molecule has 0 aromatic heterocycles. The van der Waals surface area contributed by atoms with Crippen LogP contribution in [-0.4, -0.2) is 33.4 Å². The average molecular weight is 220 g/mol. The van der Waals surface area contributed by atoms with Crippen LogP contribution in [0.25, 0.3) is 0 Å². The summed E-state index contributed by atoms with van der Waals surface area (Å²) in [5, 5.41) is 3.52. The highest BCUT2D eigenvalue weighted by atomic mass is 16.5. The normalized spacial score (nSPS) is 20.0. The Morgan fingerprint density at radius 1 is 1.44 bits per heavy atom. The lowest BCUT2D eigenvalue weighted by Gasteiger charge is -2.15. The molecule has 1 saturated heterocycles. The number of nitrogens with one attached hydrogen (secondary N) is 1.